The van der Waals surface area contributed by atoms with Crippen LogP contribution in [0.1, 0.15) is 33.9 Å². The number of hydrogen-bond acceptors (Lipinski definition) is 10. The highest BCUT2D eigenvalue weighted by atomic mass is 32.2. The van der Waals surface area contributed by atoms with Crippen molar-refractivity contribution in [2.75, 3.05) is 19.1 Å². The van der Waals surface area contributed by atoms with E-state index in [1.54, 1.807) is 42.5 Å². The van der Waals surface area contributed by atoms with Crippen molar-refractivity contribution in [3.8, 4) is 17.2 Å². The van der Waals surface area contributed by atoms with Crippen molar-refractivity contribution in [1.82, 2.24) is 10.2 Å². The van der Waals surface area contributed by atoms with Gasteiger partial charge in [-0.1, -0.05) is 89.3 Å². The molecule has 1 unspecified atom stereocenters. The van der Waals surface area contributed by atoms with E-state index in [0.717, 1.165) is 16.7 Å². The minimum atomic E-state index is -1.01. The molecule has 0 bridgehead atoms. The molecular formula is C36H31N3O6S2. The third kappa shape index (κ3) is 6.86. The van der Waals surface area contributed by atoms with Gasteiger partial charge in [0.25, 0.3) is 5.78 Å². The van der Waals surface area contributed by atoms with E-state index in [9.17, 15) is 14.7 Å². The number of amides is 1. The van der Waals surface area contributed by atoms with Crippen molar-refractivity contribution in [2.24, 2.45) is 0 Å². The van der Waals surface area contributed by atoms with Crippen molar-refractivity contribution in [3.05, 3.63) is 130 Å². The Hall–Kier alpha value is -5.13. The number of carbonyl (C=O) groups is 2. The number of aryl methyl sites for hydroxylation is 1. The van der Waals surface area contributed by atoms with Gasteiger partial charge in [-0.05, 0) is 60.0 Å². The number of thioether (sulfide) groups is 1. The average molecular weight is 666 g/mol. The van der Waals surface area contributed by atoms with E-state index in [0.29, 0.717) is 45.1 Å². The fraction of sp³-hybridized carbons (Fsp3) is 0.167. The standard InChI is InChI=1S/C36H31N3O6S2/c1-22-8-7-11-24(18-22)20-45-27-15-12-25(13-16-27)32(40)30-31(26-14-17-28(43-2)29(19-26)44-3)39(34(42)33(30)41)35-37-38-36(47-35)46-21-23-9-5-4-6-10-23/h4-19,31,40H,20-21H2,1-3H3. The largest absolute Gasteiger partial charge is 0.507 e. The smallest absolute Gasteiger partial charge is 0.301 e. The zero-order valence-electron chi connectivity index (χ0n) is 25.9. The molecule has 0 radical (unpaired) electrons. The van der Waals surface area contributed by atoms with E-state index in [1.165, 1.54) is 42.2 Å². The van der Waals surface area contributed by atoms with Crippen LogP contribution in [0.4, 0.5) is 5.13 Å². The lowest BCUT2D eigenvalue weighted by Crippen LogP contribution is -2.29. The number of ketones is 1. The second-order valence-electron chi connectivity index (χ2n) is 10.7. The quantitative estimate of drug-likeness (QED) is 0.0509. The van der Waals surface area contributed by atoms with Crippen molar-refractivity contribution in [3.63, 3.8) is 0 Å². The number of rotatable bonds is 11. The first-order valence-electron chi connectivity index (χ1n) is 14.7. The first-order valence-corrected chi connectivity index (χ1v) is 16.5. The molecule has 0 aliphatic carbocycles. The van der Waals surface area contributed by atoms with E-state index in [4.69, 9.17) is 14.2 Å². The highest BCUT2D eigenvalue weighted by Crippen LogP contribution is 2.45. The Morgan fingerprint density at radius 3 is 2.34 bits per heavy atom. The van der Waals surface area contributed by atoms with Crippen LogP contribution in [0.15, 0.2) is 107 Å². The van der Waals surface area contributed by atoms with Crippen LogP contribution in [0, 0.1) is 6.92 Å². The van der Waals surface area contributed by atoms with Gasteiger partial charge in [0.2, 0.25) is 5.13 Å². The van der Waals surface area contributed by atoms with Crippen molar-refractivity contribution < 1.29 is 28.9 Å². The zero-order valence-corrected chi connectivity index (χ0v) is 27.5. The van der Waals surface area contributed by atoms with E-state index < -0.39 is 17.7 Å². The van der Waals surface area contributed by atoms with Gasteiger partial charge in [0, 0.05) is 11.3 Å². The summed E-state index contributed by atoms with van der Waals surface area (Å²) in [7, 11) is 3.02. The maximum absolute atomic E-state index is 13.7. The minimum absolute atomic E-state index is 0.0793. The van der Waals surface area contributed by atoms with E-state index >= 15 is 0 Å². The van der Waals surface area contributed by atoms with Gasteiger partial charge in [-0.15, -0.1) is 10.2 Å². The molecule has 1 amide bonds. The molecule has 2 heterocycles. The lowest BCUT2D eigenvalue weighted by molar-refractivity contribution is -0.132. The monoisotopic (exact) mass is 665 g/mol. The normalized spacial score (nSPS) is 15.6. The summed E-state index contributed by atoms with van der Waals surface area (Å²) in [5, 5.41) is 20.5. The molecule has 1 fully saturated rings. The topological polar surface area (TPSA) is 111 Å². The SMILES string of the molecule is COc1ccc(C2C(=C(O)c3ccc(OCc4cccc(C)c4)cc3)C(=O)C(=O)N2c2nnc(SCc3ccccc3)s2)cc1OC. The van der Waals surface area contributed by atoms with Gasteiger partial charge < -0.3 is 19.3 Å². The van der Waals surface area contributed by atoms with Gasteiger partial charge in [0.05, 0.1) is 25.8 Å². The number of nitrogens with zero attached hydrogens (tertiary/aromatic N) is 3. The van der Waals surface area contributed by atoms with Crippen LogP contribution >= 0.6 is 23.1 Å². The van der Waals surface area contributed by atoms with Gasteiger partial charge in [0.15, 0.2) is 15.8 Å². The summed E-state index contributed by atoms with van der Waals surface area (Å²) in [6.07, 6.45) is 0. The molecule has 11 heteroatoms. The highest BCUT2D eigenvalue weighted by molar-refractivity contribution is 8.00. The number of aliphatic hydroxyl groups excluding tert-OH is 1. The fourth-order valence-corrected chi connectivity index (χ4v) is 7.10. The van der Waals surface area contributed by atoms with Crippen LogP contribution in [0.2, 0.25) is 0 Å². The molecule has 1 N–H and O–H groups in total. The number of benzene rings is 4. The van der Waals surface area contributed by atoms with Crippen LogP contribution in [-0.4, -0.2) is 41.2 Å². The van der Waals surface area contributed by atoms with Gasteiger partial charge in [-0.25, -0.2) is 0 Å². The number of ether oxygens (including phenoxy) is 3. The van der Waals surface area contributed by atoms with Crippen LogP contribution in [0.5, 0.6) is 17.2 Å². The number of carbonyl (C=O) groups excluding carboxylic acids is 2. The molecule has 6 rings (SSSR count). The zero-order chi connectivity index (χ0) is 32.9. The maximum Gasteiger partial charge on any atom is 0.301 e. The molecule has 4 aromatic carbocycles. The first kappa shape index (κ1) is 31.8. The molecule has 0 saturated carbocycles. The average Bonchev–Trinajstić information content (AvgIpc) is 3.68. The summed E-state index contributed by atoms with van der Waals surface area (Å²) in [5.41, 5.74) is 4.09. The van der Waals surface area contributed by atoms with E-state index in [-0.39, 0.29) is 16.5 Å². The summed E-state index contributed by atoms with van der Waals surface area (Å²) < 4.78 is 17.5. The highest BCUT2D eigenvalue weighted by Gasteiger charge is 2.48. The molecule has 5 aromatic rings. The van der Waals surface area contributed by atoms with Gasteiger partial charge in [-0.2, -0.15) is 0 Å². The number of Topliss-reactive ketones (excluding diaryl/α,β-unsaturated/α-hetero) is 1. The number of hydrogen-bond donors (Lipinski definition) is 1. The molecule has 0 spiro atoms. The fourth-order valence-electron chi connectivity index (χ4n) is 5.28. The molecule has 238 valence electrons. The van der Waals surface area contributed by atoms with Crippen molar-refractivity contribution in [2.45, 2.75) is 29.7 Å². The maximum atomic E-state index is 13.7. The van der Waals surface area contributed by atoms with Gasteiger partial charge in [-0.3, -0.25) is 14.5 Å². The summed E-state index contributed by atoms with van der Waals surface area (Å²) in [6.45, 7) is 2.40. The molecule has 47 heavy (non-hydrogen) atoms. The lowest BCUT2D eigenvalue weighted by atomic mass is 9.95. The molecular weight excluding hydrogens is 635 g/mol. The predicted molar refractivity (Wildman–Crippen MR) is 182 cm³/mol. The number of methoxy groups -OCH3 is 2. The minimum Gasteiger partial charge on any atom is -0.507 e. The van der Waals surface area contributed by atoms with Gasteiger partial charge in [0.1, 0.15) is 18.1 Å². The third-order valence-corrected chi connectivity index (χ3v) is 9.72. The Kier molecular flexibility index (Phi) is 9.55. The van der Waals surface area contributed by atoms with Gasteiger partial charge >= 0.3 is 5.91 Å². The van der Waals surface area contributed by atoms with E-state index in [2.05, 4.69) is 16.3 Å². The number of aromatic nitrogens is 2. The van der Waals surface area contributed by atoms with Crippen molar-refractivity contribution in [1.29, 1.82) is 0 Å². The molecule has 1 aliphatic rings. The second kappa shape index (κ2) is 14.1. The molecule has 1 atom stereocenters. The summed E-state index contributed by atoms with van der Waals surface area (Å²) in [5.74, 6) is 0.161. The van der Waals surface area contributed by atoms with Crippen LogP contribution in [-0.2, 0) is 21.9 Å². The summed E-state index contributed by atoms with van der Waals surface area (Å²) in [6, 6.07) is 28.8. The molecule has 9 nitrogen and oxygen atoms in total. The molecule has 1 aromatic heterocycles. The van der Waals surface area contributed by atoms with Crippen LogP contribution in [0.25, 0.3) is 5.76 Å². The summed E-state index contributed by atoms with van der Waals surface area (Å²) in [4.78, 5) is 28.7. The number of anilines is 1. The van der Waals surface area contributed by atoms with Crippen LogP contribution < -0.4 is 19.1 Å². The Labute approximate surface area is 280 Å². The lowest BCUT2D eigenvalue weighted by Gasteiger charge is -2.23. The van der Waals surface area contributed by atoms with Crippen LogP contribution in [0.3, 0.4) is 0 Å². The van der Waals surface area contributed by atoms with E-state index in [1.807, 2.05) is 55.5 Å². The first-order chi connectivity index (χ1) is 22.9. The predicted octanol–water partition coefficient (Wildman–Crippen LogP) is 7.36. The second-order valence-corrected chi connectivity index (χ2v) is 12.9. The van der Waals surface area contributed by atoms with Crippen molar-refractivity contribution >= 4 is 45.7 Å². The summed E-state index contributed by atoms with van der Waals surface area (Å²) >= 11 is 2.69. The molecule has 1 aliphatic heterocycles. The Morgan fingerprint density at radius 1 is 0.872 bits per heavy atom. The number of aliphatic hydroxyl groups is 1. The Balaban J connectivity index is 1.34. The molecule has 1 saturated heterocycles. The Bertz CT molecular complexity index is 1940. The third-order valence-electron chi connectivity index (χ3n) is 7.59. The Morgan fingerprint density at radius 2 is 1.62 bits per heavy atom.